The van der Waals surface area contributed by atoms with Gasteiger partial charge < -0.3 is 20.1 Å². The van der Waals surface area contributed by atoms with Crippen molar-refractivity contribution in [1.82, 2.24) is 9.88 Å². The second-order valence-electron chi connectivity index (χ2n) is 5.58. The monoisotopic (exact) mass is 315 g/mol. The summed E-state index contributed by atoms with van der Waals surface area (Å²) in [6.45, 7) is 4.29. The Kier molecular flexibility index (Phi) is 3.44. The fraction of sp³-hybridized carbons (Fsp3) is 0.375. The van der Waals surface area contributed by atoms with Crippen LogP contribution < -0.4 is 5.73 Å². The van der Waals surface area contributed by atoms with Crippen LogP contribution in [0.2, 0.25) is 0 Å². The molecule has 6 heteroatoms. The van der Waals surface area contributed by atoms with E-state index in [9.17, 15) is 0 Å². The summed E-state index contributed by atoms with van der Waals surface area (Å²) in [6, 6.07) is 6.13. The summed E-state index contributed by atoms with van der Waals surface area (Å²) in [6.07, 6.45) is 0. The zero-order valence-corrected chi connectivity index (χ0v) is 13.0. The molecule has 2 aliphatic heterocycles. The maximum absolute atomic E-state index is 6.01. The SMILES string of the molecule is Nc1nc2ccc(C(=S)N3CCOCC3)cc2c2c1COC2. The third-order valence-corrected chi connectivity index (χ3v) is 4.77. The highest BCUT2D eigenvalue weighted by atomic mass is 32.1. The lowest BCUT2D eigenvalue weighted by molar-refractivity contribution is 0.0693. The van der Waals surface area contributed by atoms with Crippen molar-refractivity contribution in [2.24, 2.45) is 0 Å². The summed E-state index contributed by atoms with van der Waals surface area (Å²) in [7, 11) is 0. The average molecular weight is 315 g/mol. The molecule has 3 heterocycles. The first-order chi connectivity index (χ1) is 10.7. The number of pyridine rings is 1. The molecule has 22 heavy (non-hydrogen) atoms. The second-order valence-corrected chi connectivity index (χ2v) is 5.97. The number of nitrogens with two attached hydrogens (primary N) is 1. The van der Waals surface area contributed by atoms with Crippen molar-refractivity contribution in [1.29, 1.82) is 0 Å². The van der Waals surface area contributed by atoms with E-state index in [-0.39, 0.29) is 0 Å². The van der Waals surface area contributed by atoms with Gasteiger partial charge in [-0.05, 0) is 23.8 Å². The van der Waals surface area contributed by atoms with Crippen molar-refractivity contribution < 1.29 is 9.47 Å². The highest BCUT2D eigenvalue weighted by Gasteiger charge is 2.21. The Balaban J connectivity index is 1.77. The van der Waals surface area contributed by atoms with Gasteiger partial charge in [0.1, 0.15) is 10.8 Å². The van der Waals surface area contributed by atoms with Crippen molar-refractivity contribution in [2.75, 3.05) is 32.0 Å². The van der Waals surface area contributed by atoms with Crippen molar-refractivity contribution >= 4 is 33.9 Å². The van der Waals surface area contributed by atoms with Crippen LogP contribution in [0, 0.1) is 0 Å². The van der Waals surface area contributed by atoms with Crippen LogP contribution in [0.25, 0.3) is 10.9 Å². The maximum Gasteiger partial charge on any atom is 0.130 e. The highest BCUT2D eigenvalue weighted by molar-refractivity contribution is 7.80. The number of hydrogen-bond donors (Lipinski definition) is 1. The molecule has 1 aromatic heterocycles. The van der Waals surface area contributed by atoms with Crippen molar-refractivity contribution in [2.45, 2.75) is 13.2 Å². The van der Waals surface area contributed by atoms with E-state index in [4.69, 9.17) is 27.4 Å². The van der Waals surface area contributed by atoms with Crippen molar-refractivity contribution in [3.05, 3.63) is 34.9 Å². The van der Waals surface area contributed by atoms with Crippen LogP contribution in [0.1, 0.15) is 16.7 Å². The van der Waals surface area contributed by atoms with Crippen LogP contribution >= 0.6 is 12.2 Å². The average Bonchev–Trinajstić information content (AvgIpc) is 3.05. The topological polar surface area (TPSA) is 60.6 Å². The fourth-order valence-electron chi connectivity index (χ4n) is 3.05. The van der Waals surface area contributed by atoms with E-state index in [1.165, 1.54) is 0 Å². The van der Waals surface area contributed by atoms with Gasteiger partial charge in [0.2, 0.25) is 0 Å². The van der Waals surface area contributed by atoms with E-state index in [1.807, 2.05) is 12.1 Å². The van der Waals surface area contributed by atoms with Crippen molar-refractivity contribution in [3.8, 4) is 0 Å². The second kappa shape index (κ2) is 5.46. The Morgan fingerprint density at radius 2 is 1.91 bits per heavy atom. The van der Waals surface area contributed by atoms with E-state index >= 15 is 0 Å². The molecule has 0 atom stereocenters. The first-order valence-electron chi connectivity index (χ1n) is 7.40. The molecule has 2 aliphatic rings. The number of thiocarbonyl (C=S) groups is 1. The molecule has 114 valence electrons. The van der Waals surface area contributed by atoms with Gasteiger partial charge in [0, 0.05) is 29.6 Å². The molecular formula is C16H17N3O2S. The zero-order valence-electron chi connectivity index (χ0n) is 12.2. The first kappa shape index (κ1) is 13.9. The largest absolute Gasteiger partial charge is 0.383 e. The van der Waals surface area contributed by atoms with Crippen LogP contribution in [0.5, 0.6) is 0 Å². The summed E-state index contributed by atoms with van der Waals surface area (Å²) >= 11 is 5.65. The Morgan fingerprint density at radius 3 is 2.73 bits per heavy atom. The molecule has 1 saturated heterocycles. The predicted octanol–water partition coefficient (Wildman–Crippen LogP) is 1.85. The number of nitrogen functional groups attached to an aromatic ring is 1. The van der Waals surface area contributed by atoms with Gasteiger partial charge in [-0.1, -0.05) is 12.2 Å². The van der Waals surface area contributed by atoms with Gasteiger partial charge in [-0.15, -0.1) is 0 Å². The van der Waals surface area contributed by atoms with Gasteiger partial charge in [0.25, 0.3) is 0 Å². The molecule has 0 unspecified atom stereocenters. The Bertz CT molecular complexity index is 757. The number of morpholine rings is 1. The molecule has 0 amide bonds. The number of ether oxygens (including phenoxy) is 2. The summed E-state index contributed by atoms with van der Waals surface area (Å²) in [5.74, 6) is 0.573. The predicted molar refractivity (Wildman–Crippen MR) is 88.7 cm³/mol. The normalized spacial score (nSPS) is 17.7. The maximum atomic E-state index is 6.01. The lowest BCUT2D eigenvalue weighted by atomic mass is 10.0. The van der Waals surface area contributed by atoms with Gasteiger partial charge in [-0.25, -0.2) is 4.98 Å². The Labute approximate surface area is 134 Å². The number of aromatic nitrogens is 1. The molecule has 4 rings (SSSR count). The quantitative estimate of drug-likeness (QED) is 0.811. The first-order valence-corrected chi connectivity index (χ1v) is 7.80. The number of anilines is 1. The molecule has 1 aromatic carbocycles. The smallest absolute Gasteiger partial charge is 0.130 e. The molecule has 5 nitrogen and oxygen atoms in total. The molecule has 1 fully saturated rings. The number of hydrogen-bond acceptors (Lipinski definition) is 5. The van der Waals surface area contributed by atoms with E-state index in [1.54, 1.807) is 0 Å². The minimum Gasteiger partial charge on any atom is -0.383 e. The van der Waals surface area contributed by atoms with E-state index < -0.39 is 0 Å². The highest BCUT2D eigenvalue weighted by Crippen LogP contribution is 2.31. The van der Waals surface area contributed by atoms with Crippen LogP contribution in [0.15, 0.2) is 18.2 Å². The molecule has 2 aromatic rings. The summed E-state index contributed by atoms with van der Waals surface area (Å²) in [5, 5.41) is 1.09. The summed E-state index contributed by atoms with van der Waals surface area (Å²) in [5.41, 5.74) is 10.1. The van der Waals surface area contributed by atoms with Gasteiger partial charge >= 0.3 is 0 Å². The van der Waals surface area contributed by atoms with Crippen molar-refractivity contribution in [3.63, 3.8) is 0 Å². The van der Waals surface area contributed by atoms with E-state index in [0.717, 1.165) is 58.9 Å². The van der Waals surface area contributed by atoms with Crippen LogP contribution in [-0.4, -0.2) is 41.2 Å². The third-order valence-electron chi connectivity index (χ3n) is 4.27. The van der Waals surface area contributed by atoms with Gasteiger partial charge in [-0.2, -0.15) is 0 Å². The Hall–Kier alpha value is -1.76. The van der Waals surface area contributed by atoms with Crippen LogP contribution in [0.4, 0.5) is 5.82 Å². The number of rotatable bonds is 1. The molecule has 0 aliphatic carbocycles. The molecule has 0 spiro atoms. The molecule has 0 radical (unpaired) electrons. The fourth-order valence-corrected chi connectivity index (χ4v) is 3.36. The van der Waals surface area contributed by atoms with Crippen LogP contribution in [-0.2, 0) is 22.7 Å². The summed E-state index contributed by atoms with van der Waals surface area (Å²) < 4.78 is 10.9. The minimum absolute atomic E-state index is 0.544. The molecule has 0 saturated carbocycles. The Morgan fingerprint density at radius 1 is 1.14 bits per heavy atom. The number of benzene rings is 1. The van der Waals surface area contributed by atoms with Crippen LogP contribution in [0.3, 0.4) is 0 Å². The summed E-state index contributed by atoms with van der Waals surface area (Å²) in [4.78, 5) is 7.55. The standard InChI is InChI=1S/C16H17N3O2S/c17-15-13-9-21-8-12(13)11-7-10(1-2-14(11)18-15)16(22)19-3-5-20-6-4-19/h1-2,7H,3-6,8-9H2,(H2,17,18). The van der Waals surface area contributed by atoms with E-state index in [0.29, 0.717) is 19.0 Å². The van der Waals surface area contributed by atoms with E-state index in [2.05, 4.69) is 16.0 Å². The number of nitrogens with zero attached hydrogens (tertiary/aromatic N) is 2. The minimum atomic E-state index is 0.544. The van der Waals surface area contributed by atoms with Gasteiger partial charge in [0.05, 0.1) is 31.9 Å². The number of fused-ring (bicyclic) bond motifs is 3. The zero-order chi connectivity index (χ0) is 15.1. The molecule has 0 bridgehead atoms. The lowest BCUT2D eigenvalue weighted by Gasteiger charge is -2.29. The third kappa shape index (κ3) is 2.24. The molecular weight excluding hydrogens is 298 g/mol. The lowest BCUT2D eigenvalue weighted by Crippen LogP contribution is -2.40. The van der Waals surface area contributed by atoms with Gasteiger partial charge in [0.15, 0.2) is 0 Å². The molecule has 2 N–H and O–H groups in total. The van der Waals surface area contributed by atoms with Gasteiger partial charge in [-0.3, -0.25) is 0 Å².